The average molecular weight is 224 g/mol. The van der Waals surface area contributed by atoms with E-state index < -0.39 is 0 Å². The fourth-order valence-corrected chi connectivity index (χ4v) is 3.90. The van der Waals surface area contributed by atoms with Crippen LogP contribution in [-0.4, -0.2) is 0 Å². The molecule has 1 saturated carbocycles. The first kappa shape index (κ1) is 14.1. The van der Waals surface area contributed by atoms with E-state index in [1.807, 2.05) is 0 Å². The van der Waals surface area contributed by atoms with Crippen molar-refractivity contribution >= 4 is 0 Å². The third-order valence-corrected chi connectivity index (χ3v) is 5.62. The summed E-state index contributed by atoms with van der Waals surface area (Å²) in [5.41, 5.74) is 0. The molecule has 5 atom stereocenters. The zero-order valence-corrected chi connectivity index (χ0v) is 12.5. The molecular weight excluding hydrogens is 192 g/mol. The van der Waals surface area contributed by atoms with E-state index in [0.717, 1.165) is 41.4 Å². The fourth-order valence-electron chi connectivity index (χ4n) is 3.90. The van der Waals surface area contributed by atoms with Gasteiger partial charge in [0.05, 0.1) is 0 Å². The van der Waals surface area contributed by atoms with Crippen LogP contribution in [0.25, 0.3) is 0 Å². The summed E-state index contributed by atoms with van der Waals surface area (Å²) in [6.45, 7) is 16.9. The highest BCUT2D eigenvalue weighted by atomic mass is 14.5. The second-order valence-electron chi connectivity index (χ2n) is 6.54. The summed E-state index contributed by atoms with van der Waals surface area (Å²) in [7, 11) is 0. The molecule has 1 fully saturated rings. The van der Waals surface area contributed by atoms with Crippen molar-refractivity contribution in [2.45, 2.75) is 61.3 Å². The van der Waals surface area contributed by atoms with Gasteiger partial charge in [-0.15, -0.1) is 0 Å². The van der Waals surface area contributed by atoms with Crippen molar-refractivity contribution in [1.82, 2.24) is 0 Å². The van der Waals surface area contributed by atoms with E-state index >= 15 is 0 Å². The predicted octanol–water partition coefficient (Wildman–Crippen LogP) is 5.23. The monoisotopic (exact) mass is 224 g/mol. The minimum absolute atomic E-state index is 0.836. The molecule has 0 radical (unpaired) electrons. The molecule has 16 heavy (non-hydrogen) atoms. The Labute approximate surface area is 103 Å². The highest BCUT2D eigenvalue weighted by molar-refractivity contribution is 4.97. The Hall–Kier alpha value is 0. The topological polar surface area (TPSA) is 0 Å². The highest BCUT2D eigenvalue weighted by Gasteiger charge is 2.49. The van der Waals surface area contributed by atoms with E-state index in [-0.39, 0.29) is 0 Å². The van der Waals surface area contributed by atoms with Crippen LogP contribution in [-0.2, 0) is 0 Å². The molecule has 0 aromatic heterocycles. The molecule has 0 spiro atoms. The third kappa shape index (κ3) is 2.63. The smallest absolute Gasteiger partial charge is 0.0326 e. The van der Waals surface area contributed by atoms with Crippen LogP contribution in [0.15, 0.2) is 0 Å². The molecule has 0 N–H and O–H groups in total. The largest absolute Gasteiger partial charge is 0.0651 e. The molecule has 1 aliphatic rings. The fraction of sp³-hybridized carbons (Fsp3) is 1.00. The standard InChI is InChI=1S/C16H32/c1-8-14(11(5)10(3)4)15(9-2)16-12(6)13(16)7/h10-16H,8-9H2,1-7H3. The normalized spacial score (nSPS) is 34.9. The average Bonchev–Trinajstić information content (AvgIpc) is 2.82. The SMILES string of the molecule is CCC(C(C)C(C)C)C(CC)C1C(C)C1C. The van der Waals surface area contributed by atoms with Crippen molar-refractivity contribution in [2.24, 2.45) is 41.4 Å². The van der Waals surface area contributed by atoms with Crippen LogP contribution in [0.4, 0.5) is 0 Å². The van der Waals surface area contributed by atoms with Gasteiger partial charge in [-0.2, -0.15) is 0 Å². The Balaban J connectivity index is 2.69. The molecular formula is C16H32. The summed E-state index contributed by atoms with van der Waals surface area (Å²) in [4.78, 5) is 0. The summed E-state index contributed by atoms with van der Waals surface area (Å²) in [6, 6.07) is 0. The van der Waals surface area contributed by atoms with Crippen molar-refractivity contribution in [3.05, 3.63) is 0 Å². The minimum atomic E-state index is 0.836. The van der Waals surface area contributed by atoms with Crippen LogP contribution in [0.3, 0.4) is 0 Å². The van der Waals surface area contributed by atoms with E-state index in [4.69, 9.17) is 0 Å². The number of hydrogen-bond acceptors (Lipinski definition) is 0. The maximum absolute atomic E-state index is 2.47. The molecule has 96 valence electrons. The highest BCUT2D eigenvalue weighted by Crippen LogP contribution is 2.55. The minimum Gasteiger partial charge on any atom is -0.0651 e. The lowest BCUT2D eigenvalue weighted by Crippen LogP contribution is -2.26. The molecule has 0 aliphatic heterocycles. The van der Waals surface area contributed by atoms with Gasteiger partial charge in [-0.25, -0.2) is 0 Å². The van der Waals surface area contributed by atoms with Gasteiger partial charge in [-0.05, 0) is 41.4 Å². The van der Waals surface area contributed by atoms with Gasteiger partial charge in [-0.3, -0.25) is 0 Å². The predicted molar refractivity (Wildman–Crippen MR) is 73.4 cm³/mol. The van der Waals surface area contributed by atoms with Crippen molar-refractivity contribution in [3.63, 3.8) is 0 Å². The molecule has 0 heteroatoms. The Morgan fingerprint density at radius 2 is 1.38 bits per heavy atom. The molecule has 1 aliphatic carbocycles. The van der Waals surface area contributed by atoms with E-state index in [1.54, 1.807) is 0 Å². The van der Waals surface area contributed by atoms with E-state index in [1.165, 1.54) is 12.8 Å². The first-order chi connectivity index (χ1) is 7.45. The molecule has 0 amide bonds. The lowest BCUT2D eigenvalue weighted by Gasteiger charge is -2.33. The second-order valence-corrected chi connectivity index (χ2v) is 6.54. The maximum atomic E-state index is 2.47. The van der Waals surface area contributed by atoms with E-state index in [0.29, 0.717) is 0 Å². The van der Waals surface area contributed by atoms with Gasteiger partial charge in [0.2, 0.25) is 0 Å². The van der Waals surface area contributed by atoms with Crippen LogP contribution in [0.2, 0.25) is 0 Å². The zero-order chi connectivity index (χ0) is 12.5. The van der Waals surface area contributed by atoms with Crippen LogP contribution in [0.1, 0.15) is 61.3 Å². The van der Waals surface area contributed by atoms with Gasteiger partial charge in [0.15, 0.2) is 0 Å². The summed E-state index contributed by atoms with van der Waals surface area (Å²) in [5, 5.41) is 0. The van der Waals surface area contributed by atoms with Crippen LogP contribution in [0.5, 0.6) is 0 Å². The molecule has 1 rings (SSSR count). The summed E-state index contributed by atoms with van der Waals surface area (Å²) in [5.74, 6) is 6.64. The third-order valence-electron chi connectivity index (χ3n) is 5.62. The molecule has 0 nitrogen and oxygen atoms in total. The Morgan fingerprint density at radius 3 is 1.62 bits per heavy atom. The van der Waals surface area contributed by atoms with E-state index in [2.05, 4.69) is 48.5 Å². The first-order valence-corrected chi connectivity index (χ1v) is 7.45. The van der Waals surface area contributed by atoms with Gasteiger partial charge in [0.25, 0.3) is 0 Å². The van der Waals surface area contributed by atoms with Crippen LogP contribution < -0.4 is 0 Å². The molecule has 5 unspecified atom stereocenters. The maximum Gasteiger partial charge on any atom is -0.0326 e. The number of rotatable bonds is 6. The Kier molecular flexibility index (Phi) is 4.88. The second kappa shape index (κ2) is 5.56. The van der Waals surface area contributed by atoms with Crippen molar-refractivity contribution in [1.29, 1.82) is 0 Å². The lowest BCUT2D eigenvalue weighted by molar-refractivity contribution is 0.156. The van der Waals surface area contributed by atoms with E-state index in [9.17, 15) is 0 Å². The van der Waals surface area contributed by atoms with Crippen LogP contribution >= 0.6 is 0 Å². The van der Waals surface area contributed by atoms with Crippen molar-refractivity contribution in [3.8, 4) is 0 Å². The first-order valence-electron chi connectivity index (χ1n) is 7.45. The Bertz CT molecular complexity index is 183. The summed E-state index contributed by atoms with van der Waals surface area (Å²) in [6.07, 6.45) is 2.75. The summed E-state index contributed by atoms with van der Waals surface area (Å²) < 4.78 is 0. The quantitative estimate of drug-likeness (QED) is 0.579. The van der Waals surface area contributed by atoms with Gasteiger partial charge >= 0.3 is 0 Å². The lowest BCUT2D eigenvalue weighted by atomic mass is 9.72. The van der Waals surface area contributed by atoms with Gasteiger partial charge in [0.1, 0.15) is 0 Å². The molecule has 0 bridgehead atoms. The molecule has 0 saturated heterocycles. The molecule has 0 aromatic carbocycles. The van der Waals surface area contributed by atoms with Gasteiger partial charge < -0.3 is 0 Å². The Morgan fingerprint density at radius 1 is 0.875 bits per heavy atom. The molecule has 0 aromatic rings. The van der Waals surface area contributed by atoms with Crippen molar-refractivity contribution in [2.75, 3.05) is 0 Å². The van der Waals surface area contributed by atoms with Gasteiger partial charge in [0, 0.05) is 0 Å². The number of hydrogen-bond donors (Lipinski definition) is 0. The molecule has 0 heterocycles. The van der Waals surface area contributed by atoms with Crippen molar-refractivity contribution < 1.29 is 0 Å². The summed E-state index contributed by atoms with van der Waals surface area (Å²) >= 11 is 0. The van der Waals surface area contributed by atoms with Crippen LogP contribution in [0, 0.1) is 41.4 Å². The van der Waals surface area contributed by atoms with Gasteiger partial charge in [-0.1, -0.05) is 61.3 Å². The zero-order valence-electron chi connectivity index (χ0n) is 12.5.